The SMILES string of the molecule is COC(=O)c1ccc(-c2ccc(C(C)C(c3cccc4c3OCC(=O)N4C)C(F)(F)F)c(Cl)c2)cc1F. The maximum Gasteiger partial charge on any atom is 0.396 e. The van der Waals surface area contributed by atoms with Crippen molar-refractivity contribution in [3.63, 3.8) is 0 Å². The molecule has 1 aliphatic heterocycles. The van der Waals surface area contributed by atoms with Crippen LogP contribution in [0.2, 0.25) is 5.02 Å². The van der Waals surface area contributed by atoms with Crippen molar-refractivity contribution in [1.29, 1.82) is 0 Å². The molecule has 3 aromatic carbocycles. The summed E-state index contributed by atoms with van der Waals surface area (Å²) in [6, 6.07) is 12.7. The Kier molecular flexibility index (Phi) is 7.19. The first kappa shape index (κ1) is 26.5. The number of rotatable bonds is 5. The predicted molar refractivity (Wildman–Crippen MR) is 131 cm³/mol. The van der Waals surface area contributed by atoms with Crippen LogP contribution in [-0.2, 0) is 9.53 Å². The number of amides is 1. The fraction of sp³-hybridized carbons (Fsp3) is 0.259. The molecule has 0 N–H and O–H groups in total. The molecule has 0 fully saturated rings. The number of likely N-dealkylation sites (N-methyl/N-ethyl adjacent to an activating group) is 1. The Morgan fingerprint density at radius 3 is 2.38 bits per heavy atom. The van der Waals surface area contributed by atoms with Crippen molar-refractivity contribution in [2.24, 2.45) is 0 Å². The number of methoxy groups -OCH3 is 1. The van der Waals surface area contributed by atoms with Crippen molar-refractivity contribution < 1.29 is 36.6 Å². The number of nitrogens with zero attached hydrogens (tertiary/aromatic N) is 1. The molecule has 0 bridgehead atoms. The minimum Gasteiger partial charge on any atom is -0.481 e. The number of esters is 1. The van der Waals surface area contributed by atoms with E-state index in [-0.39, 0.29) is 45.7 Å². The minimum atomic E-state index is -4.66. The summed E-state index contributed by atoms with van der Waals surface area (Å²) in [5.41, 5.74) is 0.998. The van der Waals surface area contributed by atoms with Crippen LogP contribution in [0.3, 0.4) is 0 Å². The van der Waals surface area contributed by atoms with Crippen molar-refractivity contribution >= 4 is 29.2 Å². The Labute approximate surface area is 215 Å². The third kappa shape index (κ3) is 5.00. The van der Waals surface area contributed by atoms with Gasteiger partial charge in [-0.3, -0.25) is 4.79 Å². The van der Waals surface area contributed by atoms with E-state index in [0.29, 0.717) is 11.1 Å². The van der Waals surface area contributed by atoms with Crippen molar-refractivity contribution in [1.82, 2.24) is 0 Å². The standard InChI is InChI=1S/C27H22ClF4NO4/c1-14(24(27(30,31)32)19-5-4-6-22-25(19)37-13-23(34)33(22)2)17-9-7-15(11-20(17)28)16-8-10-18(21(29)12-16)26(35)36-3/h4-12,14,24H,13H2,1-3H3. The molecule has 0 aromatic heterocycles. The monoisotopic (exact) mass is 535 g/mol. The quantitative estimate of drug-likeness (QED) is 0.268. The highest BCUT2D eigenvalue weighted by Crippen LogP contribution is 2.51. The summed E-state index contributed by atoms with van der Waals surface area (Å²) in [5, 5.41) is 0.0646. The van der Waals surface area contributed by atoms with E-state index in [4.69, 9.17) is 16.3 Å². The highest BCUT2D eigenvalue weighted by molar-refractivity contribution is 6.31. The van der Waals surface area contributed by atoms with Gasteiger partial charge in [0.15, 0.2) is 6.61 Å². The van der Waals surface area contributed by atoms with Crippen LogP contribution < -0.4 is 9.64 Å². The Morgan fingerprint density at radius 2 is 1.76 bits per heavy atom. The van der Waals surface area contributed by atoms with Gasteiger partial charge in [-0.15, -0.1) is 0 Å². The van der Waals surface area contributed by atoms with E-state index in [2.05, 4.69) is 4.74 Å². The Morgan fingerprint density at radius 1 is 1.08 bits per heavy atom. The lowest BCUT2D eigenvalue weighted by atomic mass is 9.81. The van der Waals surface area contributed by atoms with Gasteiger partial charge >= 0.3 is 12.1 Å². The van der Waals surface area contributed by atoms with Gasteiger partial charge in [-0.05, 0) is 46.9 Å². The van der Waals surface area contributed by atoms with E-state index in [1.54, 1.807) is 6.07 Å². The Hall–Kier alpha value is -3.59. The fourth-order valence-corrected chi connectivity index (χ4v) is 4.88. The molecule has 1 aliphatic rings. The van der Waals surface area contributed by atoms with Gasteiger partial charge in [0, 0.05) is 17.6 Å². The summed E-state index contributed by atoms with van der Waals surface area (Å²) >= 11 is 6.47. The van der Waals surface area contributed by atoms with Gasteiger partial charge in [0.1, 0.15) is 11.6 Å². The van der Waals surface area contributed by atoms with Crippen LogP contribution in [0.5, 0.6) is 5.75 Å². The Balaban J connectivity index is 1.73. The first-order chi connectivity index (χ1) is 17.4. The van der Waals surface area contributed by atoms with Crippen LogP contribution >= 0.6 is 11.6 Å². The van der Waals surface area contributed by atoms with Gasteiger partial charge in [-0.2, -0.15) is 13.2 Å². The molecule has 4 rings (SSSR count). The maximum atomic E-state index is 14.5. The van der Waals surface area contributed by atoms with Gasteiger partial charge in [-0.25, -0.2) is 9.18 Å². The molecule has 0 saturated carbocycles. The number of carbonyl (C=O) groups excluding carboxylic acids is 2. The number of alkyl halides is 3. The van der Waals surface area contributed by atoms with Gasteiger partial charge in [0.2, 0.25) is 0 Å². The lowest BCUT2D eigenvalue weighted by Crippen LogP contribution is -2.36. The van der Waals surface area contributed by atoms with Crippen LogP contribution in [0, 0.1) is 5.82 Å². The second-order valence-electron chi connectivity index (χ2n) is 8.67. The van der Waals surface area contributed by atoms with E-state index in [1.165, 1.54) is 61.3 Å². The van der Waals surface area contributed by atoms with Crippen molar-refractivity contribution in [2.45, 2.75) is 24.9 Å². The molecular weight excluding hydrogens is 514 g/mol. The molecule has 0 aliphatic carbocycles. The molecule has 2 unspecified atom stereocenters. The van der Waals surface area contributed by atoms with E-state index in [0.717, 1.165) is 13.2 Å². The number of anilines is 1. The molecular formula is C27H22ClF4NO4. The second-order valence-corrected chi connectivity index (χ2v) is 9.07. The Bertz CT molecular complexity index is 1370. The fourth-order valence-electron chi connectivity index (χ4n) is 4.53. The third-order valence-electron chi connectivity index (χ3n) is 6.49. The van der Waals surface area contributed by atoms with Gasteiger partial charge in [0.05, 0.1) is 24.3 Å². The summed E-state index contributed by atoms with van der Waals surface area (Å²) in [5.74, 6) is -5.09. The predicted octanol–water partition coefficient (Wildman–Crippen LogP) is 6.74. The summed E-state index contributed by atoms with van der Waals surface area (Å²) < 4.78 is 67.8. The van der Waals surface area contributed by atoms with Gasteiger partial charge in [-0.1, -0.05) is 48.9 Å². The summed E-state index contributed by atoms with van der Waals surface area (Å²) in [6.07, 6.45) is -4.66. The average Bonchev–Trinajstić information content (AvgIpc) is 2.85. The number of para-hydroxylation sites is 1. The van der Waals surface area contributed by atoms with Gasteiger partial charge < -0.3 is 14.4 Å². The van der Waals surface area contributed by atoms with Crippen LogP contribution in [0.1, 0.15) is 40.2 Å². The largest absolute Gasteiger partial charge is 0.481 e. The molecule has 194 valence electrons. The zero-order valence-electron chi connectivity index (χ0n) is 20.0. The number of benzene rings is 3. The summed E-state index contributed by atoms with van der Waals surface area (Å²) in [7, 11) is 2.62. The lowest BCUT2D eigenvalue weighted by molar-refractivity contribution is -0.155. The molecule has 0 spiro atoms. The molecule has 0 radical (unpaired) electrons. The molecule has 10 heteroatoms. The van der Waals surface area contributed by atoms with Crippen LogP contribution in [0.4, 0.5) is 23.2 Å². The summed E-state index contributed by atoms with van der Waals surface area (Å²) in [6.45, 7) is 1.06. The first-order valence-corrected chi connectivity index (χ1v) is 11.6. The van der Waals surface area contributed by atoms with Gasteiger partial charge in [0.25, 0.3) is 5.91 Å². The smallest absolute Gasteiger partial charge is 0.396 e. The number of halogens is 5. The van der Waals surface area contributed by atoms with E-state index < -0.39 is 29.8 Å². The molecule has 3 aromatic rings. The van der Waals surface area contributed by atoms with Crippen molar-refractivity contribution in [3.05, 3.63) is 82.1 Å². The van der Waals surface area contributed by atoms with E-state index in [1.807, 2.05) is 0 Å². The van der Waals surface area contributed by atoms with Crippen molar-refractivity contribution in [3.8, 4) is 16.9 Å². The first-order valence-electron chi connectivity index (χ1n) is 11.2. The second kappa shape index (κ2) is 10.0. The molecule has 37 heavy (non-hydrogen) atoms. The lowest BCUT2D eigenvalue weighted by Gasteiger charge is -2.33. The summed E-state index contributed by atoms with van der Waals surface area (Å²) in [4.78, 5) is 24.9. The van der Waals surface area contributed by atoms with Crippen LogP contribution in [0.15, 0.2) is 54.6 Å². The number of hydrogen-bond donors (Lipinski definition) is 0. The van der Waals surface area contributed by atoms with Crippen LogP contribution in [0.25, 0.3) is 11.1 Å². The number of carbonyl (C=O) groups is 2. The number of fused-ring (bicyclic) bond motifs is 1. The number of ether oxygens (including phenoxy) is 2. The number of hydrogen-bond acceptors (Lipinski definition) is 4. The van der Waals surface area contributed by atoms with E-state index >= 15 is 0 Å². The molecule has 2 atom stereocenters. The molecule has 1 amide bonds. The normalized spacial score (nSPS) is 15.0. The topological polar surface area (TPSA) is 55.8 Å². The average molecular weight is 536 g/mol. The minimum absolute atomic E-state index is 0.00712. The maximum absolute atomic E-state index is 14.5. The molecule has 5 nitrogen and oxygen atoms in total. The molecule has 1 heterocycles. The van der Waals surface area contributed by atoms with Crippen molar-refractivity contribution in [2.75, 3.05) is 25.7 Å². The van der Waals surface area contributed by atoms with Crippen LogP contribution in [-0.4, -0.2) is 38.8 Å². The zero-order chi connectivity index (χ0) is 27.1. The third-order valence-corrected chi connectivity index (χ3v) is 6.81. The zero-order valence-corrected chi connectivity index (χ0v) is 20.8. The van der Waals surface area contributed by atoms with E-state index in [9.17, 15) is 27.2 Å². The highest BCUT2D eigenvalue weighted by atomic mass is 35.5. The highest BCUT2D eigenvalue weighted by Gasteiger charge is 2.47. The molecule has 0 saturated heterocycles.